The van der Waals surface area contributed by atoms with E-state index in [1.54, 1.807) is 48.5 Å². The van der Waals surface area contributed by atoms with Crippen LogP contribution in [0.15, 0.2) is 48.5 Å². The zero-order valence-electron chi connectivity index (χ0n) is 12.1. The molecule has 0 fully saturated rings. The lowest BCUT2D eigenvalue weighted by molar-refractivity contribution is 0.282. The van der Waals surface area contributed by atoms with Crippen molar-refractivity contribution in [3.05, 3.63) is 65.2 Å². The van der Waals surface area contributed by atoms with Gasteiger partial charge in [-0.2, -0.15) is 5.26 Å². The topological polar surface area (TPSA) is 81.4 Å². The van der Waals surface area contributed by atoms with Gasteiger partial charge < -0.3 is 5.11 Å². The highest BCUT2D eigenvalue weighted by atomic mass is 32.2. The molecule has 2 aromatic rings. The average molecular weight is 316 g/mol. The third-order valence-corrected chi connectivity index (χ3v) is 4.34. The summed E-state index contributed by atoms with van der Waals surface area (Å²) in [4.78, 5) is 0. The molecule has 0 aliphatic heterocycles. The highest BCUT2D eigenvalue weighted by molar-refractivity contribution is 7.92. The minimum atomic E-state index is -3.48. The minimum absolute atomic E-state index is 0.0553. The second-order valence-electron chi connectivity index (χ2n) is 4.91. The maximum absolute atomic E-state index is 12.1. The second-order valence-corrected chi connectivity index (χ2v) is 6.81. The van der Waals surface area contributed by atoms with E-state index in [-0.39, 0.29) is 13.2 Å². The summed E-state index contributed by atoms with van der Waals surface area (Å²) in [7, 11) is -3.48. The van der Waals surface area contributed by atoms with Crippen molar-refractivity contribution in [2.75, 3.05) is 10.6 Å². The van der Waals surface area contributed by atoms with Crippen molar-refractivity contribution in [1.29, 1.82) is 5.26 Å². The quantitative estimate of drug-likeness (QED) is 0.915. The van der Waals surface area contributed by atoms with Gasteiger partial charge in [-0.05, 0) is 29.3 Å². The number of aliphatic hydroxyl groups excluding tert-OH is 1. The van der Waals surface area contributed by atoms with Crippen LogP contribution in [-0.2, 0) is 23.2 Å². The normalized spacial score (nSPS) is 11.0. The molecule has 5 nitrogen and oxygen atoms in total. The summed E-state index contributed by atoms with van der Waals surface area (Å²) in [5.74, 6) is 0. The van der Waals surface area contributed by atoms with Crippen LogP contribution < -0.4 is 4.31 Å². The van der Waals surface area contributed by atoms with Gasteiger partial charge in [-0.3, -0.25) is 4.31 Å². The fourth-order valence-corrected chi connectivity index (χ4v) is 2.93. The standard InChI is InChI=1S/C16H16N2O3S/c1-22(20,21)18(16-4-2-3-15(9-16)10-17)11-13-5-7-14(12-19)8-6-13/h2-9,19H,11-12H2,1H3. The molecule has 114 valence electrons. The van der Waals surface area contributed by atoms with Crippen LogP contribution in [0.3, 0.4) is 0 Å². The van der Waals surface area contributed by atoms with Crippen LogP contribution in [-0.4, -0.2) is 19.8 Å². The number of benzene rings is 2. The minimum Gasteiger partial charge on any atom is -0.392 e. The Morgan fingerprint density at radius 3 is 2.32 bits per heavy atom. The summed E-state index contributed by atoms with van der Waals surface area (Å²) >= 11 is 0. The number of hydrogen-bond acceptors (Lipinski definition) is 4. The van der Waals surface area contributed by atoms with Gasteiger partial charge in [0.1, 0.15) is 0 Å². The SMILES string of the molecule is CS(=O)(=O)N(Cc1ccc(CO)cc1)c1cccc(C#N)c1. The van der Waals surface area contributed by atoms with E-state index in [0.717, 1.165) is 17.4 Å². The van der Waals surface area contributed by atoms with Crippen molar-refractivity contribution < 1.29 is 13.5 Å². The Kier molecular flexibility index (Phi) is 4.81. The van der Waals surface area contributed by atoms with Crippen LogP contribution in [0.5, 0.6) is 0 Å². The molecule has 0 saturated heterocycles. The molecule has 0 aliphatic rings. The maximum atomic E-state index is 12.1. The average Bonchev–Trinajstić information content (AvgIpc) is 2.52. The largest absolute Gasteiger partial charge is 0.392 e. The van der Waals surface area contributed by atoms with Gasteiger partial charge in [0.25, 0.3) is 0 Å². The van der Waals surface area contributed by atoms with E-state index in [1.807, 2.05) is 6.07 Å². The number of rotatable bonds is 5. The van der Waals surface area contributed by atoms with Gasteiger partial charge in [0, 0.05) is 0 Å². The molecule has 0 aromatic heterocycles. The molecule has 0 atom stereocenters. The lowest BCUT2D eigenvalue weighted by Gasteiger charge is -2.22. The van der Waals surface area contributed by atoms with Gasteiger partial charge in [-0.25, -0.2) is 8.42 Å². The molecule has 0 heterocycles. The number of nitriles is 1. The van der Waals surface area contributed by atoms with Gasteiger partial charge in [0.2, 0.25) is 10.0 Å². The first-order valence-corrected chi connectivity index (χ1v) is 8.45. The summed E-state index contributed by atoms with van der Waals surface area (Å²) in [6.45, 7) is 0.111. The molecule has 0 radical (unpaired) electrons. The summed E-state index contributed by atoms with van der Waals surface area (Å²) in [6, 6.07) is 15.5. The molecular formula is C16H16N2O3S. The molecule has 0 bridgehead atoms. The Labute approximate surface area is 130 Å². The molecule has 6 heteroatoms. The van der Waals surface area contributed by atoms with E-state index in [0.29, 0.717) is 11.3 Å². The van der Waals surface area contributed by atoms with Crippen LogP contribution in [0.25, 0.3) is 0 Å². The molecule has 22 heavy (non-hydrogen) atoms. The number of hydrogen-bond donors (Lipinski definition) is 1. The van der Waals surface area contributed by atoms with Crippen molar-refractivity contribution in [2.24, 2.45) is 0 Å². The van der Waals surface area contributed by atoms with Crippen molar-refractivity contribution in [2.45, 2.75) is 13.2 Å². The molecule has 1 N–H and O–H groups in total. The first-order chi connectivity index (χ1) is 10.4. The lowest BCUT2D eigenvalue weighted by Crippen LogP contribution is -2.29. The lowest BCUT2D eigenvalue weighted by atomic mass is 10.1. The van der Waals surface area contributed by atoms with Crippen molar-refractivity contribution in [1.82, 2.24) is 0 Å². The Morgan fingerprint density at radius 1 is 1.14 bits per heavy atom. The first-order valence-electron chi connectivity index (χ1n) is 6.60. The monoisotopic (exact) mass is 316 g/mol. The number of anilines is 1. The predicted octanol–water partition coefficient (Wildman–Crippen LogP) is 2.02. The summed E-state index contributed by atoms with van der Waals surface area (Å²) in [5.41, 5.74) is 2.42. The van der Waals surface area contributed by atoms with Crippen LogP contribution in [0.4, 0.5) is 5.69 Å². The van der Waals surface area contributed by atoms with Crippen molar-refractivity contribution >= 4 is 15.7 Å². The van der Waals surface area contributed by atoms with E-state index in [2.05, 4.69) is 0 Å². The van der Waals surface area contributed by atoms with Gasteiger partial charge in [0.15, 0.2) is 0 Å². The van der Waals surface area contributed by atoms with E-state index in [4.69, 9.17) is 10.4 Å². The molecule has 0 amide bonds. The molecule has 0 aliphatic carbocycles. The summed E-state index contributed by atoms with van der Waals surface area (Å²) in [6.07, 6.45) is 1.13. The van der Waals surface area contributed by atoms with Gasteiger partial charge in [-0.1, -0.05) is 30.3 Å². The van der Waals surface area contributed by atoms with E-state index < -0.39 is 10.0 Å². The highest BCUT2D eigenvalue weighted by Gasteiger charge is 2.18. The fraction of sp³-hybridized carbons (Fsp3) is 0.188. The molecular weight excluding hydrogens is 300 g/mol. The first kappa shape index (κ1) is 16.0. The molecule has 0 spiro atoms. The molecule has 0 unspecified atom stereocenters. The molecule has 2 aromatic carbocycles. The zero-order valence-corrected chi connectivity index (χ0v) is 12.9. The van der Waals surface area contributed by atoms with Crippen molar-refractivity contribution in [3.63, 3.8) is 0 Å². The Morgan fingerprint density at radius 2 is 1.77 bits per heavy atom. The zero-order chi connectivity index (χ0) is 16.2. The van der Waals surface area contributed by atoms with Crippen LogP contribution in [0.1, 0.15) is 16.7 Å². The summed E-state index contributed by atoms with van der Waals surface area (Å²) in [5, 5.41) is 18.0. The Hall–Kier alpha value is -2.36. The number of nitrogens with zero attached hydrogens (tertiary/aromatic N) is 2. The predicted molar refractivity (Wildman–Crippen MR) is 84.5 cm³/mol. The molecule has 0 saturated carbocycles. The molecule has 2 rings (SSSR count). The second kappa shape index (κ2) is 6.60. The van der Waals surface area contributed by atoms with Crippen LogP contribution >= 0.6 is 0 Å². The van der Waals surface area contributed by atoms with Gasteiger partial charge >= 0.3 is 0 Å². The third-order valence-electron chi connectivity index (χ3n) is 3.20. The summed E-state index contributed by atoms with van der Waals surface area (Å²) < 4.78 is 25.4. The van der Waals surface area contributed by atoms with Gasteiger partial charge in [-0.15, -0.1) is 0 Å². The highest BCUT2D eigenvalue weighted by Crippen LogP contribution is 2.22. The Bertz CT molecular complexity index is 793. The van der Waals surface area contributed by atoms with E-state index in [9.17, 15) is 8.42 Å². The third kappa shape index (κ3) is 3.85. The van der Waals surface area contributed by atoms with Crippen LogP contribution in [0, 0.1) is 11.3 Å². The smallest absolute Gasteiger partial charge is 0.232 e. The van der Waals surface area contributed by atoms with Gasteiger partial charge in [0.05, 0.1) is 36.7 Å². The van der Waals surface area contributed by atoms with E-state index in [1.165, 1.54) is 4.31 Å². The maximum Gasteiger partial charge on any atom is 0.232 e. The van der Waals surface area contributed by atoms with Crippen molar-refractivity contribution in [3.8, 4) is 6.07 Å². The number of sulfonamides is 1. The Balaban J connectivity index is 2.36. The number of aliphatic hydroxyl groups is 1. The van der Waals surface area contributed by atoms with E-state index >= 15 is 0 Å². The van der Waals surface area contributed by atoms with Crippen LogP contribution in [0.2, 0.25) is 0 Å². The fourth-order valence-electron chi connectivity index (χ4n) is 2.05.